The van der Waals surface area contributed by atoms with E-state index in [1.54, 1.807) is 0 Å². The van der Waals surface area contributed by atoms with Crippen LogP contribution in [0.15, 0.2) is 24.3 Å². The Labute approximate surface area is 149 Å². The summed E-state index contributed by atoms with van der Waals surface area (Å²) in [5.74, 6) is 0.0249. The van der Waals surface area contributed by atoms with Gasteiger partial charge in [0.05, 0.1) is 6.54 Å². The molecule has 3 rings (SSSR count). The highest BCUT2D eigenvalue weighted by Crippen LogP contribution is 2.49. The van der Waals surface area contributed by atoms with Crippen LogP contribution in [0.3, 0.4) is 0 Å². The Balaban J connectivity index is 1.53. The van der Waals surface area contributed by atoms with E-state index in [0.717, 1.165) is 38.9 Å². The fraction of sp³-hybridized carbons (Fsp3) is 0.600. The molecule has 2 fully saturated rings. The van der Waals surface area contributed by atoms with Gasteiger partial charge in [-0.2, -0.15) is 0 Å². The minimum atomic E-state index is -0.778. The molecule has 5 heteroatoms. The van der Waals surface area contributed by atoms with Crippen molar-refractivity contribution in [3.05, 3.63) is 35.4 Å². The van der Waals surface area contributed by atoms with Gasteiger partial charge >= 0.3 is 5.97 Å². The van der Waals surface area contributed by atoms with E-state index in [1.165, 1.54) is 11.1 Å². The van der Waals surface area contributed by atoms with Gasteiger partial charge in [0, 0.05) is 25.0 Å². The van der Waals surface area contributed by atoms with Gasteiger partial charge in [-0.05, 0) is 49.8 Å². The van der Waals surface area contributed by atoms with Crippen LogP contribution in [0.5, 0.6) is 0 Å². The lowest BCUT2D eigenvalue weighted by Gasteiger charge is -2.37. The Kier molecular flexibility index (Phi) is 5.42. The average molecular weight is 344 g/mol. The van der Waals surface area contributed by atoms with Crippen LogP contribution in [0.1, 0.15) is 43.2 Å². The molecule has 0 bridgehead atoms. The van der Waals surface area contributed by atoms with Gasteiger partial charge in [-0.25, -0.2) is 0 Å². The molecule has 2 aliphatic rings. The number of hydrogen-bond donors (Lipinski definition) is 1. The molecule has 1 aliphatic carbocycles. The summed E-state index contributed by atoms with van der Waals surface area (Å²) < 4.78 is 0. The minimum Gasteiger partial charge on any atom is -0.480 e. The van der Waals surface area contributed by atoms with Gasteiger partial charge in [0.15, 0.2) is 0 Å². The van der Waals surface area contributed by atoms with Crippen molar-refractivity contribution >= 4 is 11.9 Å². The fourth-order valence-electron chi connectivity index (χ4n) is 4.17. The van der Waals surface area contributed by atoms with Crippen LogP contribution >= 0.6 is 0 Å². The van der Waals surface area contributed by atoms with Gasteiger partial charge < -0.3 is 10.0 Å². The van der Waals surface area contributed by atoms with Gasteiger partial charge in [-0.15, -0.1) is 0 Å². The Bertz CT molecular complexity index is 638. The van der Waals surface area contributed by atoms with E-state index in [0.29, 0.717) is 5.92 Å². The van der Waals surface area contributed by atoms with Gasteiger partial charge in [-0.1, -0.05) is 31.2 Å². The number of hydrogen-bond acceptors (Lipinski definition) is 3. The van der Waals surface area contributed by atoms with Crippen molar-refractivity contribution in [2.75, 3.05) is 26.2 Å². The van der Waals surface area contributed by atoms with Crippen molar-refractivity contribution in [3.63, 3.8) is 0 Å². The van der Waals surface area contributed by atoms with Crippen molar-refractivity contribution < 1.29 is 14.7 Å². The number of nitrogens with zero attached hydrogens (tertiary/aromatic N) is 2. The number of carbonyl (C=O) groups is 2. The first-order valence-corrected chi connectivity index (χ1v) is 9.31. The maximum atomic E-state index is 12.8. The number of carbonyl (C=O) groups excluding carboxylic acids is 1. The summed E-state index contributed by atoms with van der Waals surface area (Å²) in [6, 6.07) is 8.62. The second-order valence-electron chi connectivity index (χ2n) is 7.32. The largest absolute Gasteiger partial charge is 0.480 e. The maximum Gasteiger partial charge on any atom is 0.317 e. The molecule has 1 aliphatic heterocycles. The first-order chi connectivity index (χ1) is 12.0. The Morgan fingerprint density at radius 3 is 2.52 bits per heavy atom. The molecular weight excluding hydrogens is 316 g/mol. The van der Waals surface area contributed by atoms with Crippen LogP contribution in [-0.4, -0.2) is 59.0 Å². The Morgan fingerprint density at radius 2 is 1.92 bits per heavy atom. The molecule has 0 spiro atoms. The third kappa shape index (κ3) is 4.03. The molecule has 1 saturated carbocycles. The van der Waals surface area contributed by atoms with E-state index in [4.69, 9.17) is 5.11 Å². The lowest BCUT2D eigenvalue weighted by atomic mass is 10.0. The lowest BCUT2D eigenvalue weighted by Crippen LogP contribution is -2.48. The molecule has 0 aromatic heterocycles. The van der Waals surface area contributed by atoms with Crippen molar-refractivity contribution in [3.8, 4) is 0 Å². The summed E-state index contributed by atoms with van der Waals surface area (Å²) in [6.45, 7) is 6.43. The highest BCUT2D eigenvalue weighted by molar-refractivity contribution is 5.83. The maximum absolute atomic E-state index is 12.8. The second kappa shape index (κ2) is 7.56. The van der Waals surface area contributed by atoms with E-state index in [9.17, 15) is 9.59 Å². The number of aryl methyl sites for hydroxylation is 1. The number of carboxylic acids is 1. The molecule has 1 aromatic rings. The van der Waals surface area contributed by atoms with Crippen molar-refractivity contribution in [2.45, 2.75) is 45.1 Å². The van der Waals surface area contributed by atoms with Crippen LogP contribution in [0.25, 0.3) is 0 Å². The predicted molar refractivity (Wildman–Crippen MR) is 96.5 cm³/mol. The molecule has 136 valence electrons. The minimum absolute atomic E-state index is 0.0904. The number of rotatable bonds is 6. The smallest absolute Gasteiger partial charge is 0.317 e. The van der Waals surface area contributed by atoms with Crippen LogP contribution in [0.4, 0.5) is 0 Å². The lowest BCUT2D eigenvalue weighted by molar-refractivity contribution is -0.140. The molecule has 2 atom stereocenters. The molecule has 25 heavy (non-hydrogen) atoms. The summed E-state index contributed by atoms with van der Waals surface area (Å²) in [4.78, 5) is 27.8. The monoisotopic (exact) mass is 344 g/mol. The molecule has 1 N–H and O–H groups in total. The zero-order chi connectivity index (χ0) is 18.0. The van der Waals surface area contributed by atoms with Crippen LogP contribution in [0, 0.1) is 12.8 Å². The summed E-state index contributed by atoms with van der Waals surface area (Å²) in [5, 5.41) is 9.02. The third-order valence-electron chi connectivity index (χ3n) is 5.73. The van der Waals surface area contributed by atoms with E-state index in [-0.39, 0.29) is 24.4 Å². The van der Waals surface area contributed by atoms with Gasteiger partial charge in [0.25, 0.3) is 0 Å². The first kappa shape index (κ1) is 17.9. The number of benzene rings is 1. The van der Waals surface area contributed by atoms with Crippen molar-refractivity contribution in [2.24, 2.45) is 5.92 Å². The molecule has 5 nitrogen and oxygen atoms in total. The summed E-state index contributed by atoms with van der Waals surface area (Å²) in [6.07, 6.45) is 2.70. The Hall–Kier alpha value is -1.88. The molecule has 1 amide bonds. The number of amides is 1. The summed E-state index contributed by atoms with van der Waals surface area (Å²) in [7, 11) is 0. The Morgan fingerprint density at radius 1 is 1.24 bits per heavy atom. The summed E-state index contributed by atoms with van der Waals surface area (Å²) in [5.41, 5.74) is 2.59. The van der Waals surface area contributed by atoms with Gasteiger partial charge in [0.1, 0.15) is 0 Å². The fourth-order valence-corrected chi connectivity index (χ4v) is 4.17. The van der Waals surface area contributed by atoms with Crippen molar-refractivity contribution in [1.29, 1.82) is 0 Å². The average Bonchev–Trinajstić information content (AvgIpc) is 3.40. The molecule has 1 aromatic carbocycles. The standard InChI is InChI=1S/C20H28N2O3/c1-3-21(13-19(23)24)15-8-10-22(11-9-15)20(25)18-12-17(18)16-7-5-4-6-14(16)2/h4-7,15,17-18H,3,8-13H2,1-2H3,(H,23,24). The first-order valence-electron chi connectivity index (χ1n) is 9.31. The normalized spacial score (nSPS) is 23.7. The topological polar surface area (TPSA) is 60.9 Å². The van der Waals surface area contributed by atoms with Crippen molar-refractivity contribution in [1.82, 2.24) is 9.80 Å². The van der Waals surface area contributed by atoms with Crippen LogP contribution in [-0.2, 0) is 9.59 Å². The van der Waals surface area contributed by atoms with Gasteiger partial charge in [0.2, 0.25) is 5.91 Å². The quantitative estimate of drug-likeness (QED) is 0.861. The zero-order valence-corrected chi connectivity index (χ0v) is 15.1. The zero-order valence-electron chi connectivity index (χ0n) is 15.1. The highest BCUT2D eigenvalue weighted by Gasteiger charge is 2.46. The summed E-state index contributed by atoms with van der Waals surface area (Å²) >= 11 is 0. The number of likely N-dealkylation sites (tertiary alicyclic amines) is 1. The molecule has 1 saturated heterocycles. The van der Waals surface area contributed by atoms with E-state index < -0.39 is 5.97 Å². The predicted octanol–water partition coefficient (Wildman–Crippen LogP) is 2.50. The van der Waals surface area contributed by atoms with E-state index in [2.05, 4.69) is 25.1 Å². The van der Waals surface area contributed by atoms with Crippen LogP contribution < -0.4 is 0 Å². The van der Waals surface area contributed by atoms with E-state index in [1.807, 2.05) is 22.8 Å². The number of piperidine rings is 1. The van der Waals surface area contributed by atoms with Crippen LogP contribution in [0.2, 0.25) is 0 Å². The van der Waals surface area contributed by atoms with E-state index >= 15 is 0 Å². The second-order valence-corrected chi connectivity index (χ2v) is 7.32. The SMILES string of the molecule is CCN(CC(=O)O)C1CCN(C(=O)C2CC2c2ccccc2C)CC1. The number of aliphatic carboxylic acids is 1. The molecular formula is C20H28N2O3. The highest BCUT2D eigenvalue weighted by atomic mass is 16.4. The molecule has 1 heterocycles. The molecule has 0 radical (unpaired) electrons. The number of carboxylic acid groups (broad SMARTS) is 1. The third-order valence-corrected chi connectivity index (χ3v) is 5.73. The van der Waals surface area contributed by atoms with Gasteiger partial charge in [-0.3, -0.25) is 14.5 Å². The molecule has 2 unspecified atom stereocenters. The number of likely N-dealkylation sites (N-methyl/N-ethyl adjacent to an activating group) is 1.